The SMILES string of the molecule is CC[I-]c1cc(F)c(Cn2c(=O)n(-c3ccc(OC)nn3)c(=O)c3c(C)c(-c4ccc(NC(=O)NOC)cc4)sc32)c(F)c1. The van der Waals surface area contributed by atoms with Crippen LogP contribution in [-0.2, 0) is 11.4 Å². The molecule has 2 aromatic carbocycles. The second-order valence-electron chi connectivity index (χ2n) is 9.27. The van der Waals surface area contributed by atoms with Crippen molar-refractivity contribution in [1.82, 2.24) is 24.8 Å². The monoisotopic (exact) mass is 735 g/mol. The summed E-state index contributed by atoms with van der Waals surface area (Å²) in [4.78, 5) is 45.2. The van der Waals surface area contributed by atoms with Crippen LogP contribution in [0.1, 0.15) is 18.1 Å². The predicted molar refractivity (Wildman–Crippen MR) is 158 cm³/mol. The summed E-state index contributed by atoms with van der Waals surface area (Å²) < 4.78 is 39.1. The molecule has 3 heterocycles. The first-order valence-electron chi connectivity index (χ1n) is 13.1. The number of urea groups is 1. The molecule has 0 bridgehead atoms. The Morgan fingerprint density at radius 1 is 1.05 bits per heavy atom. The number of methoxy groups -OCH3 is 1. The Balaban J connectivity index is 1.71. The number of anilines is 1. The molecule has 3 aromatic heterocycles. The van der Waals surface area contributed by atoms with Gasteiger partial charge < -0.3 is 10.1 Å². The number of halogens is 3. The zero-order chi connectivity index (χ0) is 31.5. The van der Waals surface area contributed by atoms with Crippen molar-refractivity contribution < 1.29 is 44.4 Å². The number of thiophene rings is 1. The first-order valence-corrected chi connectivity index (χ1v) is 16.5. The van der Waals surface area contributed by atoms with Crippen molar-refractivity contribution in [2.24, 2.45) is 0 Å². The number of ether oxygens (including phenoxy) is 1. The number of nitrogens with one attached hydrogen (secondary N) is 2. The molecule has 0 atom stereocenters. The number of hydrogen-bond donors (Lipinski definition) is 2. The number of amides is 2. The van der Waals surface area contributed by atoms with E-state index >= 15 is 8.78 Å². The number of carbonyl (C=O) groups is 1. The number of aryl methyl sites for hydroxylation is 1. The summed E-state index contributed by atoms with van der Waals surface area (Å²) in [7, 11) is 2.71. The van der Waals surface area contributed by atoms with Gasteiger partial charge in [-0.15, -0.1) is 0 Å². The van der Waals surface area contributed by atoms with Crippen LogP contribution in [0, 0.1) is 22.1 Å². The summed E-state index contributed by atoms with van der Waals surface area (Å²) >= 11 is 0.602. The Hall–Kier alpha value is -4.22. The van der Waals surface area contributed by atoms with E-state index in [1.807, 2.05) is 6.92 Å². The van der Waals surface area contributed by atoms with Gasteiger partial charge in [0.2, 0.25) is 0 Å². The number of alkyl halides is 1. The van der Waals surface area contributed by atoms with Crippen LogP contribution in [-0.4, -0.2) is 44.0 Å². The van der Waals surface area contributed by atoms with Gasteiger partial charge in [0.25, 0.3) is 0 Å². The second-order valence-corrected chi connectivity index (χ2v) is 13.8. The van der Waals surface area contributed by atoms with Crippen LogP contribution in [0.4, 0.5) is 19.3 Å². The molecule has 0 aliphatic rings. The molecule has 5 aromatic rings. The Bertz CT molecular complexity index is 1950. The Kier molecular flexibility index (Phi) is 9.36. The van der Waals surface area contributed by atoms with Crippen LogP contribution in [0.5, 0.6) is 5.88 Å². The third-order valence-corrected chi connectivity index (χ3v) is 10.2. The van der Waals surface area contributed by atoms with Crippen molar-refractivity contribution >= 4 is 33.3 Å². The number of carbonyl (C=O) groups excluding carboxylic acids is 1. The number of fused-ring (bicyclic) bond motifs is 1. The molecule has 0 saturated carbocycles. The summed E-state index contributed by atoms with van der Waals surface area (Å²) in [6.45, 7) is 3.23. The van der Waals surface area contributed by atoms with Crippen LogP contribution in [0.15, 0.2) is 58.1 Å². The topological polar surface area (TPSA) is 129 Å². The second kappa shape index (κ2) is 13.2. The molecule has 44 heavy (non-hydrogen) atoms. The first-order chi connectivity index (χ1) is 21.2. The molecule has 0 aliphatic heterocycles. The summed E-state index contributed by atoms with van der Waals surface area (Å²) in [5, 5.41) is 10.7. The van der Waals surface area contributed by atoms with Crippen molar-refractivity contribution in [3.8, 4) is 22.1 Å². The van der Waals surface area contributed by atoms with Gasteiger partial charge >= 0.3 is 220 Å². The molecule has 0 radical (unpaired) electrons. The predicted octanol–water partition coefficient (Wildman–Crippen LogP) is 1.28. The Morgan fingerprint density at radius 3 is 2.34 bits per heavy atom. The molecule has 0 unspecified atom stereocenters. The molecule has 0 fully saturated rings. The van der Waals surface area contributed by atoms with E-state index in [-0.39, 0.29) is 27.5 Å². The van der Waals surface area contributed by atoms with Gasteiger partial charge in [0, 0.05) is 5.69 Å². The summed E-state index contributed by atoms with van der Waals surface area (Å²) in [5.74, 6) is -1.42. The van der Waals surface area contributed by atoms with E-state index in [4.69, 9.17) is 4.74 Å². The van der Waals surface area contributed by atoms with Crippen LogP contribution < -0.4 is 48.0 Å². The molecule has 15 heteroatoms. The number of nitrogens with zero attached hydrogens (tertiary/aromatic N) is 4. The van der Waals surface area contributed by atoms with Crippen molar-refractivity contribution in [2.75, 3.05) is 24.0 Å². The minimum atomic E-state index is -0.831. The van der Waals surface area contributed by atoms with Gasteiger partial charge in [0.05, 0.1) is 14.2 Å². The van der Waals surface area contributed by atoms with Crippen molar-refractivity contribution in [2.45, 2.75) is 20.4 Å². The molecule has 2 N–H and O–H groups in total. The van der Waals surface area contributed by atoms with E-state index in [9.17, 15) is 14.4 Å². The summed E-state index contributed by atoms with van der Waals surface area (Å²) in [5.41, 5.74) is 2.12. The van der Waals surface area contributed by atoms with Gasteiger partial charge in [-0.2, -0.15) is 0 Å². The van der Waals surface area contributed by atoms with Crippen molar-refractivity contribution in [3.63, 3.8) is 0 Å². The van der Waals surface area contributed by atoms with E-state index in [0.29, 0.717) is 25.3 Å². The first kappa shape index (κ1) is 31.2. The van der Waals surface area contributed by atoms with Gasteiger partial charge in [0.15, 0.2) is 0 Å². The Morgan fingerprint density at radius 2 is 1.75 bits per heavy atom. The Labute approximate surface area is 263 Å². The van der Waals surface area contributed by atoms with Crippen LogP contribution in [0.25, 0.3) is 26.5 Å². The molecule has 0 aliphatic carbocycles. The quantitative estimate of drug-likeness (QED) is 0.133. The van der Waals surface area contributed by atoms with E-state index in [0.717, 1.165) is 20.3 Å². The summed E-state index contributed by atoms with van der Waals surface area (Å²) in [6, 6.07) is 11.7. The zero-order valence-corrected chi connectivity index (χ0v) is 26.9. The van der Waals surface area contributed by atoms with Gasteiger partial charge in [0.1, 0.15) is 0 Å². The number of aromatic nitrogens is 4. The van der Waals surface area contributed by atoms with Gasteiger partial charge in [-0.25, -0.2) is 10.3 Å². The molecule has 230 valence electrons. The standard InChI is InChI=1S/C29H26F2IN6O5S/c1-5-32-17-12-20(30)19(21(31)13-17)14-37-27-24(26(39)38(29(37)41)22-10-11-23(42-3)35-34-22)15(2)25(44-27)16-6-8-18(9-7-16)33-28(40)36-43-4/h6-13H,5,14H2,1-4H3,(H2,33,36,40)/q-1. The van der Waals surface area contributed by atoms with E-state index < -0.39 is 56.7 Å². The van der Waals surface area contributed by atoms with Gasteiger partial charge in [-0.05, 0) is 0 Å². The third-order valence-electron chi connectivity index (χ3n) is 6.59. The summed E-state index contributed by atoms with van der Waals surface area (Å²) in [6.07, 6.45) is 0. The normalized spacial score (nSPS) is 11.2. The number of hydroxylamine groups is 1. The zero-order valence-electron chi connectivity index (χ0n) is 23.9. The van der Waals surface area contributed by atoms with Gasteiger partial charge in [-0.1, -0.05) is 0 Å². The molecule has 0 saturated heterocycles. The van der Waals surface area contributed by atoms with Crippen LogP contribution >= 0.6 is 11.3 Å². The number of rotatable bonds is 9. The molecule has 5 rings (SSSR count). The van der Waals surface area contributed by atoms with E-state index in [2.05, 4.69) is 25.8 Å². The molecule has 11 nitrogen and oxygen atoms in total. The van der Waals surface area contributed by atoms with E-state index in [1.54, 1.807) is 31.2 Å². The van der Waals surface area contributed by atoms with Gasteiger partial charge in [-0.3, -0.25) is 4.84 Å². The van der Waals surface area contributed by atoms with E-state index in [1.165, 1.54) is 43.1 Å². The average Bonchev–Trinajstić information content (AvgIpc) is 3.34. The van der Waals surface area contributed by atoms with Crippen molar-refractivity contribution in [3.05, 3.63) is 95.7 Å². The fourth-order valence-corrected chi connectivity index (χ4v) is 7.74. The average molecular weight is 736 g/mol. The minimum absolute atomic E-state index is 0.0719. The third kappa shape index (κ3) is 6.07. The van der Waals surface area contributed by atoms with Crippen LogP contribution in [0.2, 0.25) is 0 Å². The fourth-order valence-electron chi connectivity index (χ4n) is 4.57. The van der Waals surface area contributed by atoms with Crippen LogP contribution in [0.3, 0.4) is 0 Å². The molecule has 2 amide bonds. The molecule has 0 spiro atoms. The maximum absolute atomic E-state index is 15.3. The maximum atomic E-state index is 15.3. The molecular weight excluding hydrogens is 709 g/mol. The fraction of sp³-hybridized carbons (Fsp3) is 0.207. The van der Waals surface area contributed by atoms with Crippen molar-refractivity contribution in [1.29, 1.82) is 0 Å². The number of hydrogen-bond acceptors (Lipinski definition) is 8. The molecular formula is C29H26F2IN6O5S-. The number of benzene rings is 2.